The van der Waals surface area contributed by atoms with Crippen LogP contribution in [0.4, 0.5) is 0 Å². The van der Waals surface area contributed by atoms with Crippen molar-refractivity contribution in [2.75, 3.05) is 20.2 Å². The maximum atomic E-state index is 12.3. The Hall–Kier alpha value is -2.37. The predicted molar refractivity (Wildman–Crippen MR) is 133 cm³/mol. The molecule has 0 fully saturated rings. The molecule has 3 N–H and O–H groups in total. The number of carbonyl (C=O) groups excluding carboxylic acids is 1. The van der Waals surface area contributed by atoms with Crippen LogP contribution in [0.1, 0.15) is 38.0 Å². The first kappa shape index (κ1) is 26.7. The van der Waals surface area contributed by atoms with Crippen molar-refractivity contribution in [3.63, 3.8) is 0 Å². The average molecular weight is 543 g/mol. The molecule has 10 heteroatoms. The molecule has 1 amide bonds. The van der Waals surface area contributed by atoms with Crippen molar-refractivity contribution in [1.82, 2.24) is 30.7 Å². The molecule has 0 atom stereocenters. The van der Waals surface area contributed by atoms with E-state index >= 15 is 0 Å². The van der Waals surface area contributed by atoms with Gasteiger partial charge in [-0.1, -0.05) is 12.1 Å². The van der Waals surface area contributed by atoms with Gasteiger partial charge in [0.2, 0.25) is 5.91 Å². The zero-order valence-electron chi connectivity index (χ0n) is 19.2. The van der Waals surface area contributed by atoms with Crippen LogP contribution >= 0.6 is 24.0 Å². The number of guanidine groups is 1. The Morgan fingerprint density at radius 2 is 1.84 bits per heavy atom. The summed E-state index contributed by atoms with van der Waals surface area (Å²) < 4.78 is 7.12. The largest absolute Gasteiger partial charge is 0.497 e. The first-order valence-corrected chi connectivity index (χ1v) is 10.0. The molecule has 0 saturated heterocycles. The topological polar surface area (TPSA) is 105 Å². The van der Waals surface area contributed by atoms with Gasteiger partial charge in [0, 0.05) is 20.1 Å². The Bertz CT molecular complexity index is 863. The van der Waals surface area contributed by atoms with Crippen molar-refractivity contribution >= 4 is 35.8 Å². The average Bonchev–Trinajstić information content (AvgIpc) is 3.06. The van der Waals surface area contributed by atoms with Crippen LogP contribution in [0.2, 0.25) is 0 Å². The number of aryl methyl sites for hydroxylation is 1. The van der Waals surface area contributed by atoms with E-state index in [1.54, 1.807) is 7.11 Å². The molecule has 2 rings (SSSR count). The van der Waals surface area contributed by atoms with Gasteiger partial charge >= 0.3 is 0 Å². The lowest BCUT2D eigenvalue weighted by Gasteiger charge is -2.25. The summed E-state index contributed by atoms with van der Waals surface area (Å²) in [5.74, 6) is 3.05. The predicted octanol–water partition coefficient (Wildman–Crippen LogP) is 2.15. The van der Waals surface area contributed by atoms with E-state index in [9.17, 15) is 4.79 Å². The standard InChI is InChI=1S/C21H33N7O2.HI/c1-7-22-19(29)21(3,4)14-25-20(24-13-18-27-26-15(2)28(18)5)23-12-16-8-10-17(30-6)11-9-16;/h8-11H,7,12-14H2,1-6H3,(H,22,29)(H2,23,24,25);1H. The second-order valence-electron chi connectivity index (χ2n) is 7.69. The van der Waals surface area contributed by atoms with Gasteiger partial charge in [0.25, 0.3) is 0 Å². The van der Waals surface area contributed by atoms with Crippen LogP contribution < -0.4 is 20.7 Å². The van der Waals surface area contributed by atoms with Gasteiger partial charge in [-0.15, -0.1) is 34.2 Å². The summed E-state index contributed by atoms with van der Waals surface area (Å²) in [6, 6.07) is 7.77. The first-order chi connectivity index (χ1) is 14.3. The minimum Gasteiger partial charge on any atom is -0.497 e. The fraction of sp³-hybridized carbons (Fsp3) is 0.524. The number of methoxy groups -OCH3 is 1. The third-order valence-corrected chi connectivity index (χ3v) is 4.83. The van der Waals surface area contributed by atoms with E-state index in [1.807, 2.05) is 63.6 Å². The van der Waals surface area contributed by atoms with Gasteiger partial charge in [0.1, 0.15) is 11.6 Å². The third-order valence-electron chi connectivity index (χ3n) is 4.83. The van der Waals surface area contributed by atoms with Crippen molar-refractivity contribution in [2.45, 2.75) is 40.8 Å². The number of ether oxygens (including phenoxy) is 1. The molecule has 0 bridgehead atoms. The SMILES string of the molecule is CCNC(=O)C(C)(C)CNC(=NCc1ccc(OC)cc1)NCc1nnc(C)n1C.I. The molecule has 2 aromatic rings. The van der Waals surface area contributed by atoms with E-state index in [0.717, 1.165) is 23.0 Å². The van der Waals surface area contributed by atoms with E-state index in [4.69, 9.17) is 4.74 Å². The van der Waals surface area contributed by atoms with Gasteiger partial charge in [-0.25, -0.2) is 4.99 Å². The van der Waals surface area contributed by atoms with E-state index in [2.05, 4.69) is 31.1 Å². The summed E-state index contributed by atoms with van der Waals surface area (Å²) >= 11 is 0. The molecule has 0 aliphatic heterocycles. The van der Waals surface area contributed by atoms with Gasteiger partial charge in [-0.2, -0.15) is 0 Å². The maximum absolute atomic E-state index is 12.3. The molecular formula is C21H34IN7O2. The van der Waals surface area contributed by atoms with Crippen LogP contribution in [0.25, 0.3) is 0 Å². The monoisotopic (exact) mass is 543 g/mol. The molecule has 0 aliphatic rings. The number of hydrogen-bond acceptors (Lipinski definition) is 5. The molecule has 1 aromatic heterocycles. The lowest BCUT2D eigenvalue weighted by atomic mass is 9.92. The van der Waals surface area contributed by atoms with Crippen LogP contribution in [-0.2, 0) is 24.9 Å². The van der Waals surface area contributed by atoms with Crippen molar-refractivity contribution in [2.24, 2.45) is 17.5 Å². The molecule has 0 radical (unpaired) electrons. The lowest BCUT2D eigenvalue weighted by Crippen LogP contribution is -2.47. The fourth-order valence-electron chi connectivity index (χ4n) is 2.63. The van der Waals surface area contributed by atoms with Crippen LogP contribution in [0.5, 0.6) is 5.75 Å². The Balaban J connectivity index is 0.00000480. The zero-order valence-corrected chi connectivity index (χ0v) is 21.5. The molecular weight excluding hydrogens is 509 g/mol. The van der Waals surface area contributed by atoms with Crippen LogP contribution in [0, 0.1) is 12.3 Å². The first-order valence-electron chi connectivity index (χ1n) is 10.0. The van der Waals surface area contributed by atoms with Crippen molar-refractivity contribution in [1.29, 1.82) is 0 Å². The minimum absolute atomic E-state index is 0. The smallest absolute Gasteiger partial charge is 0.227 e. The zero-order chi connectivity index (χ0) is 22.1. The molecule has 0 saturated carbocycles. The summed E-state index contributed by atoms with van der Waals surface area (Å²) in [7, 11) is 3.57. The molecule has 9 nitrogen and oxygen atoms in total. The minimum atomic E-state index is -0.583. The third kappa shape index (κ3) is 8.00. The number of rotatable bonds is 9. The Kier molecular flexibility index (Phi) is 10.7. The normalized spacial score (nSPS) is 11.5. The van der Waals surface area contributed by atoms with E-state index in [-0.39, 0.29) is 29.9 Å². The molecule has 1 heterocycles. The second kappa shape index (κ2) is 12.5. The van der Waals surface area contributed by atoms with E-state index < -0.39 is 5.41 Å². The Labute approximate surface area is 201 Å². The second-order valence-corrected chi connectivity index (χ2v) is 7.69. The molecule has 1 aromatic carbocycles. The molecule has 0 spiro atoms. The van der Waals surface area contributed by atoms with E-state index in [1.165, 1.54) is 0 Å². The Morgan fingerprint density at radius 3 is 2.39 bits per heavy atom. The number of aliphatic imine (C=N–C) groups is 1. The van der Waals surface area contributed by atoms with E-state index in [0.29, 0.717) is 32.1 Å². The number of nitrogens with zero attached hydrogens (tertiary/aromatic N) is 4. The van der Waals surface area contributed by atoms with Crippen LogP contribution in [-0.4, -0.2) is 46.8 Å². The number of hydrogen-bond donors (Lipinski definition) is 3. The number of aromatic nitrogens is 3. The highest BCUT2D eigenvalue weighted by molar-refractivity contribution is 14.0. The summed E-state index contributed by atoms with van der Waals surface area (Å²) in [6.07, 6.45) is 0. The number of nitrogens with one attached hydrogen (secondary N) is 3. The highest BCUT2D eigenvalue weighted by Crippen LogP contribution is 2.14. The maximum Gasteiger partial charge on any atom is 0.227 e. The molecule has 0 aliphatic carbocycles. The van der Waals surface area contributed by atoms with Gasteiger partial charge in [-0.05, 0) is 45.4 Å². The van der Waals surface area contributed by atoms with Crippen LogP contribution in [0.3, 0.4) is 0 Å². The highest BCUT2D eigenvalue weighted by atomic mass is 127. The summed E-state index contributed by atoms with van der Waals surface area (Å²) in [4.78, 5) is 17.0. The van der Waals surface area contributed by atoms with Crippen molar-refractivity contribution in [3.8, 4) is 5.75 Å². The lowest BCUT2D eigenvalue weighted by molar-refractivity contribution is -0.128. The number of carbonyl (C=O) groups is 1. The summed E-state index contributed by atoms with van der Waals surface area (Å²) in [5, 5.41) is 17.7. The van der Waals surface area contributed by atoms with Gasteiger partial charge in [0.15, 0.2) is 11.8 Å². The molecule has 0 unspecified atom stereocenters. The van der Waals surface area contributed by atoms with Gasteiger partial charge < -0.3 is 25.3 Å². The Morgan fingerprint density at radius 1 is 1.16 bits per heavy atom. The molecule has 31 heavy (non-hydrogen) atoms. The van der Waals surface area contributed by atoms with Crippen LogP contribution in [0.15, 0.2) is 29.3 Å². The highest BCUT2D eigenvalue weighted by Gasteiger charge is 2.27. The number of halogens is 1. The number of amides is 1. The quantitative estimate of drug-likeness (QED) is 0.255. The number of benzene rings is 1. The fourth-order valence-corrected chi connectivity index (χ4v) is 2.63. The van der Waals surface area contributed by atoms with Crippen molar-refractivity contribution < 1.29 is 9.53 Å². The summed E-state index contributed by atoms with van der Waals surface area (Å²) in [6.45, 7) is 9.60. The van der Waals surface area contributed by atoms with Gasteiger partial charge in [0.05, 0.1) is 25.6 Å². The van der Waals surface area contributed by atoms with Gasteiger partial charge in [-0.3, -0.25) is 4.79 Å². The summed E-state index contributed by atoms with van der Waals surface area (Å²) in [5.41, 5.74) is 0.467. The molecule has 172 valence electrons. The van der Waals surface area contributed by atoms with Crippen molar-refractivity contribution in [3.05, 3.63) is 41.5 Å².